The molecule has 1 unspecified atom stereocenters. The van der Waals surface area contributed by atoms with E-state index < -0.39 is 0 Å². The summed E-state index contributed by atoms with van der Waals surface area (Å²) in [5, 5.41) is 0.803. The zero-order chi connectivity index (χ0) is 13.1. The molecule has 0 aliphatic carbocycles. The fourth-order valence-electron chi connectivity index (χ4n) is 2.01. The van der Waals surface area contributed by atoms with Crippen LogP contribution in [-0.2, 0) is 12.8 Å². The van der Waals surface area contributed by atoms with Gasteiger partial charge in [-0.05, 0) is 36.6 Å². The normalized spacial score (nSPS) is 12.7. The van der Waals surface area contributed by atoms with Crippen molar-refractivity contribution >= 4 is 22.9 Å². The van der Waals surface area contributed by atoms with E-state index in [-0.39, 0.29) is 6.04 Å². The summed E-state index contributed by atoms with van der Waals surface area (Å²) in [7, 11) is 0. The van der Waals surface area contributed by atoms with Gasteiger partial charge in [0, 0.05) is 27.2 Å². The summed E-state index contributed by atoms with van der Waals surface area (Å²) in [5.41, 5.74) is 8.40. The second kappa shape index (κ2) is 5.87. The number of aryl methyl sites for hydroxylation is 2. The largest absolute Gasteiger partial charge is 0.324 e. The molecule has 3 heteroatoms. The number of nitrogens with two attached hydrogens (primary N) is 1. The highest BCUT2D eigenvalue weighted by Crippen LogP contribution is 2.28. The molecule has 2 aromatic rings. The van der Waals surface area contributed by atoms with E-state index in [9.17, 15) is 0 Å². The van der Waals surface area contributed by atoms with Crippen LogP contribution in [0.3, 0.4) is 0 Å². The van der Waals surface area contributed by atoms with Crippen molar-refractivity contribution < 1.29 is 0 Å². The smallest absolute Gasteiger partial charge is 0.0483 e. The maximum Gasteiger partial charge on any atom is 0.0483 e. The van der Waals surface area contributed by atoms with Crippen LogP contribution in [-0.4, -0.2) is 0 Å². The molecule has 0 amide bonds. The number of hydrogen-bond donors (Lipinski definition) is 1. The van der Waals surface area contributed by atoms with Gasteiger partial charge < -0.3 is 5.73 Å². The van der Waals surface area contributed by atoms with Gasteiger partial charge in [-0.15, -0.1) is 11.3 Å². The van der Waals surface area contributed by atoms with Crippen LogP contribution in [0.1, 0.15) is 33.8 Å². The first-order chi connectivity index (χ1) is 8.61. The first-order valence-electron chi connectivity index (χ1n) is 6.20. The van der Waals surface area contributed by atoms with Gasteiger partial charge in [-0.1, -0.05) is 36.7 Å². The van der Waals surface area contributed by atoms with Gasteiger partial charge in [-0.3, -0.25) is 0 Å². The lowest BCUT2D eigenvalue weighted by atomic mass is 10.0. The Balaban J connectivity index is 2.16. The summed E-state index contributed by atoms with van der Waals surface area (Å²) in [6.45, 7) is 4.19. The molecule has 1 nitrogen and oxygen atoms in total. The van der Waals surface area contributed by atoms with Gasteiger partial charge in [0.25, 0.3) is 0 Å². The highest BCUT2D eigenvalue weighted by Gasteiger charge is 2.13. The summed E-state index contributed by atoms with van der Waals surface area (Å²) in [4.78, 5) is 2.74. The molecule has 0 saturated carbocycles. The van der Waals surface area contributed by atoms with Crippen molar-refractivity contribution in [2.45, 2.75) is 32.7 Å². The van der Waals surface area contributed by atoms with Crippen LogP contribution >= 0.6 is 22.9 Å². The van der Waals surface area contributed by atoms with E-state index in [0.29, 0.717) is 0 Å². The summed E-state index contributed by atoms with van der Waals surface area (Å²) >= 11 is 8.15. The average Bonchev–Trinajstić information content (AvgIpc) is 2.80. The molecule has 0 spiro atoms. The third kappa shape index (κ3) is 2.94. The minimum Gasteiger partial charge on any atom is -0.324 e. The minimum absolute atomic E-state index is 0.0271. The van der Waals surface area contributed by atoms with Crippen LogP contribution in [0.4, 0.5) is 0 Å². The SMILES string of the molecule is CCc1ccc(CC(N)c2cccc(C)c2Cl)s1. The Hall–Kier alpha value is -0.830. The van der Waals surface area contributed by atoms with Gasteiger partial charge >= 0.3 is 0 Å². The van der Waals surface area contributed by atoms with Crippen LogP contribution in [0, 0.1) is 6.92 Å². The van der Waals surface area contributed by atoms with E-state index in [0.717, 1.165) is 29.0 Å². The van der Waals surface area contributed by atoms with Crippen molar-refractivity contribution in [2.75, 3.05) is 0 Å². The van der Waals surface area contributed by atoms with Crippen molar-refractivity contribution in [2.24, 2.45) is 5.73 Å². The third-order valence-corrected chi connectivity index (χ3v) is 4.88. The highest BCUT2D eigenvalue weighted by atomic mass is 35.5. The van der Waals surface area contributed by atoms with Gasteiger partial charge in [-0.25, -0.2) is 0 Å². The number of halogens is 1. The molecule has 0 bridgehead atoms. The minimum atomic E-state index is -0.0271. The predicted molar refractivity (Wildman–Crippen MR) is 80.5 cm³/mol. The number of rotatable bonds is 4. The molecule has 96 valence electrons. The van der Waals surface area contributed by atoms with Gasteiger partial charge in [0.05, 0.1) is 0 Å². The zero-order valence-corrected chi connectivity index (χ0v) is 12.3. The maximum atomic E-state index is 6.31. The molecule has 0 aliphatic rings. The number of hydrogen-bond acceptors (Lipinski definition) is 2. The Kier molecular flexibility index (Phi) is 4.44. The van der Waals surface area contributed by atoms with Crippen LogP contribution < -0.4 is 5.73 Å². The Morgan fingerprint density at radius 3 is 2.61 bits per heavy atom. The molecule has 0 radical (unpaired) electrons. The Bertz CT molecular complexity index is 533. The lowest BCUT2D eigenvalue weighted by molar-refractivity contribution is 0.729. The molecule has 1 aromatic heterocycles. The fraction of sp³-hybridized carbons (Fsp3) is 0.333. The highest BCUT2D eigenvalue weighted by molar-refractivity contribution is 7.11. The second-order valence-electron chi connectivity index (χ2n) is 4.51. The van der Waals surface area contributed by atoms with Crippen molar-refractivity contribution in [3.8, 4) is 0 Å². The van der Waals surface area contributed by atoms with E-state index in [1.807, 2.05) is 36.5 Å². The Morgan fingerprint density at radius 2 is 1.94 bits per heavy atom. The molecular weight excluding hydrogens is 262 g/mol. The second-order valence-corrected chi connectivity index (χ2v) is 6.14. The van der Waals surface area contributed by atoms with Gasteiger partial charge in [-0.2, -0.15) is 0 Å². The number of benzene rings is 1. The molecule has 18 heavy (non-hydrogen) atoms. The topological polar surface area (TPSA) is 26.0 Å². The van der Waals surface area contributed by atoms with Crippen LogP contribution in [0.15, 0.2) is 30.3 Å². The molecule has 1 heterocycles. The van der Waals surface area contributed by atoms with E-state index in [1.165, 1.54) is 9.75 Å². The zero-order valence-electron chi connectivity index (χ0n) is 10.7. The summed E-state index contributed by atoms with van der Waals surface area (Å²) in [6, 6.07) is 10.4. The van der Waals surface area contributed by atoms with Crippen molar-refractivity contribution in [3.05, 3.63) is 56.2 Å². The monoisotopic (exact) mass is 279 g/mol. The standard InChI is InChI=1S/C15H18ClNS/c1-3-11-7-8-12(18-11)9-14(17)13-6-4-5-10(2)15(13)16/h4-8,14H,3,9,17H2,1-2H3. The molecule has 2 N–H and O–H groups in total. The van der Waals surface area contributed by atoms with E-state index >= 15 is 0 Å². The van der Waals surface area contributed by atoms with Gasteiger partial charge in [0.15, 0.2) is 0 Å². The van der Waals surface area contributed by atoms with Gasteiger partial charge in [0.2, 0.25) is 0 Å². The van der Waals surface area contributed by atoms with Crippen molar-refractivity contribution in [1.82, 2.24) is 0 Å². The van der Waals surface area contributed by atoms with E-state index in [1.54, 1.807) is 0 Å². The van der Waals surface area contributed by atoms with Crippen LogP contribution in [0.5, 0.6) is 0 Å². The lowest BCUT2D eigenvalue weighted by Crippen LogP contribution is -2.13. The third-order valence-electron chi connectivity index (χ3n) is 3.11. The first-order valence-corrected chi connectivity index (χ1v) is 7.39. The molecule has 1 atom stereocenters. The van der Waals surface area contributed by atoms with Crippen LogP contribution in [0.25, 0.3) is 0 Å². The summed E-state index contributed by atoms with van der Waals surface area (Å²) in [5.74, 6) is 0. The molecular formula is C15H18ClNS. The molecule has 0 aliphatic heterocycles. The summed E-state index contributed by atoms with van der Waals surface area (Å²) < 4.78 is 0. The number of thiophene rings is 1. The Morgan fingerprint density at radius 1 is 1.22 bits per heavy atom. The molecule has 0 fully saturated rings. The van der Waals surface area contributed by atoms with E-state index in [2.05, 4.69) is 19.1 Å². The maximum absolute atomic E-state index is 6.31. The quantitative estimate of drug-likeness (QED) is 0.875. The molecule has 2 rings (SSSR count). The van der Waals surface area contributed by atoms with Crippen molar-refractivity contribution in [1.29, 1.82) is 0 Å². The predicted octanol–water partition coefficient (Wildman–Crippen LogP) is 4.51. The van der Waals surface area contributed by atoms with Gasteiger partial charge in [0.1, 0.15) is 0 Å². The first kappa shape index (κ1) is 13.6. The van der Waals surface area contributed by atoms with Crippen molar-refractivity contribution in [3.63, 3.8) is 0 Å². The average molecular weight is 280 g/mol. The lowest BCUT2D eigenvalue weighted by Gasteiger charge is -2.14. The molecule has 1 aromatic carbocycles. The van der Waals surface area contributed by atoms with Crippen LogP contribution in [0.2, 0.25) is 5.02 Å². The molecule has 0 saturated heterocycles. The Labute approximate surface area is 118 Å². The summed E-state index contributed by atoms with van der Waals surface area (Å²) in [6.07, 6.45) is 1.94. The van der Waals surface area contributed by atoms with E-state index in [4.69, 9.17) is 17.3 Å². The fourth-order valence-corrected chi connectivity index (χ4v) is 3.29.